The molecule has 1 atom stereocenters. The molecule has 19 heavy (non-hydrogen) atoms. The number of benzene rings is 1. The number of nitrogens with zero attached hydrogens (tertiary/aromatic N) is 2. The maximum atomic E-state index is 5.92. The van der Waals surface area contributed by atoms with Crippen molar-refractivity contribution in [2.75, 3.05) is 38.1 Å². The molecule has 2 rings (SSSR count). The van der Waals surface area contributed by atoms with Crippen molar-refractivity contribution in [2.45, 2.75) is 32.2 Å². The molecular weight excluding hydrogens is 234 g/mol. The monoisotopic (exact) mass is 261 g/mol. The van der Waals surface area contributed by atoms with Crippen LogP contribution in [-0.2, 0) is 5.41 Å². The third kappa shape index (κ3) is 3.28. The minimum Gasteiger partial charge on any atom is -0.365 e. The van der Waals surface area contributed by atoms with Crippen LogP contribution in [-0.4, -0.2) is 44.2 Å². The molecule has 1 aliphatic rings. The zero-order valence-corrected chi connectivity index (χ0v) is 12.7. The maximum Gasteiger partial charge on any atom is 0.0539 e. The van der Waals surface area contributed by atoms with Crippen molar-refractivity contribution in [1.29, 1.82) is 0 Å². The molecule has 1 fully saturated rings. The van der Waals surface area contributed by atoms with Gasteiger partial charge in [-0.2, -0.15) is 0 Å². The van der Waals surface area contributed by atoms with E-state index in [1.807, 2.05) is 0 Å². The summed E-state index contributed by atoms with van der Waals surface area (Å²) in [5, 5.41) is 0. The molecule has 1 aromatic carbocycles. The van der Waals surface area contributed by atoms with Crippen LogP contribution in [0.3, 0.4) is 0 Å². The van der Waals surface area contributed by atoms with Crippen molar-refractivity contribution in [3.8, 4) is 0 Å². The molecule has 1 aliphatic heterocycles. The van der Waals surface area contributed by atoms with Crippen LogP contribution in [0.25, 0.3) is 0 Å². The molecule has 3 nitrogen and oxygen atoms in total. The Hall–Kier alpha value is -1.06. The summed E-state index contributed by atoms with van der Waals surface area (Å²) in [6, 6.07) is 9.42. The van der Waals surface area contributed by atoms with E-state index >= 15 is 0 Å². The molecule has 2 N–H and O–H groups in total. The highest BCUT2D eigenvalue weighted by Crippen LogP contribution is 2.26. The molecule has 1 aromatic rings. The first-order valence-corrected chi connectivity index (χ1v) is 7.17. The number of hydrogen-bond acceptors (Lipinski definition) is 3. The van der Waals surface area contributed by atoms with Gasteiger partial charge in [-0.25, -0.2) is 0 Å². The average Bonchev–Trinajstić information content (AvgIpc) is 2.37. The van der Waals surface area contributed by atoms with Gasteiger partial charge in [-0.1, -0.05) is 32.9 Å². The lowest BCUT2D eigenvalue weighted by molar-refractivity contribution is 0.270. The molecule has 1 heterocycles. The minimum absolute atomic E-state index is 0.216. The summed E-state index contributed by atoms with van der Waals surface area (Å²) in [4.78, 5) is 4.81. The smallest absolute Gasteiger partial charge is 0.0539 e. The molecule has 3 heteroatoms. The van der Waals surface area contributed by atoms with Crippen LogP contribution >= 0.6 is 0 Å². The molecule has 106 valence electrons. The Kier molecular flexibility index (Phi) is 4.16. The van der Waals surface area contributed by atoms with Gasteiger partial charge in [-0.3, -0.25) is 0 Å². The van der Waals surface area contributed by atoms with Gasteiger partial charge in [0.15, 0.2) is 0 Å². The molecule has 0 spiro atoms. The van der Waals surface area contributed by atoms with Gasteiger partial charge in [0, 0.05) is 31.9 Å². The summed E-state index contributed by atoms with van der Waals surface area (Å²) in [5.74, 6) is 0. The van der Waals surface area contributed by atoms with Crippen LogP contribution in [0.1, 0.15) is 26.3 Å². The lowest BCUT2D eigenvalue weighted by Crippen LogP contribution is -2.55. The van der Waals surface area contributed by atoms with Crippen LogP contribution in [0.2, 0.25) is 0 Å². The highest BCUT2D eigenvalue weighted by Gasteiger charge is 2.24. The van der Waals surface area contributed by atoms with Crippen molar-refractivity contribution in [2.24, 2.45) is 5.73 Å². The van der Waals surface area contributed by atoms with E-state index in [9.17, 15) is 0 Å². The van der Waals surface area contributed by atoms with Gasteiger partial charge in [0.2, 0.25) is 0 Å². The van der Waals surface area contributed by atoms with E-state index in [2.05, 4.69) is 61.9 Å². The summed E-state index contributed by atoms with van der Waals surface area (Å²) >= 11 is 0. The molecule has 0 aromatic heterocycles. The first-order chi connectivity index (χ1) is 8.91. The van der Waals surface area contributed by atoms with Gasteiger partial charge in [0.1, 0.15) is 0 Å². The predicted molar refractivity (Wildman–Crippen MR) is 82.8 cm³/mol. The van der Waals surface area contributed by atoms with Gasteiger partial charge in [-0.15, -0.1) is 0 Å². The van der Waals surface area contributed by atoms with E-state index in [4.69, 9.17) is 5.73 Å². The molecule has 0 saturated carbocycles. The molecular formula is C16H27N3. The lowest BCUT2D eigenvalue weighted by atomic mass is 9.87. The molecule has 1 saturated heterocycles. The Balaban J connectivity index is 2.17. The van der Waals surface area contributed by atoms with Gasteiger partial charge in [-0.05, 0) is 30.2 Å². The van der Waals surface area contributed by atoms with Gasteiger partial charge in [0.25, 0.3) is 0 Å². The zero-order chi connectivity index (χ0) is 14.0. The van der Waals surface area contributed by atoms with Crippen molar-refractivity contribution in [1.82, 2.24) is 4.90 Å². The topological polar surface area (TPSA) is 32.5 Å². The Labute approximate surface area is 117 Å². The van der Waals surface area contributed by atoms with Crippen LogP contribution in [0.15, 0.2) is 24.3 Å². The number of anilines is 1. The van der Waals surface area contributed by atoms with Crippen LogP contribution in [0.5, 0.6) is 0 Å². The minimum atomic E-state index is 0.216. The first-order valence-electron chi connectivity index (χ1n) is 7.17. The Morgan fingerprint density at radius 2 is 1.79 bits per heavy atom. The van der Waals surface area contributed by atoms with Crippen LogP contribution < -0.4 is 10.6 Å². The van der Waals surface area contributed by atoms with E-state index in [-0.39, 0.29) is 5.41 Å². The summed E-state index contributed by atoms with van der Waals surface area (Å²) in [6.45, 7) is 10.7. The fraction of sp³-hybridized carbons (Fsp3) is 0.625. The Bertz CT molecular complexity index is 405. The molecule has 0 aliphatic carbocycles. The molecule has 0 radical (unpaired) electrons. The quantitative estimate of drug-likeness (QED) is 0.884. The molecule has 0 bridgehead atoms. The second-order valence-electron chi connectivity index (χ2n) is 6.64. The second kappa shape index (κ2) is 5.51. The summed E-state index contributed by atoms with van der Waals surface area (Å²) in [6.07, 6.45) is 0. The number of hydrogen-bond donors (Lipinski definition) is 1. The number of piperazine rings is 1. The average molecular weight is 261 g/mol. The van der Waals surface area contributed by atoms with Crippen molar-refractivity contribution < 1.29 is 0 Å². The van der Waals surface area contributed by atoms with Crippen molar-refractivity contribution >= 4 is 5.69 Å². The number of likely N-dealkylation sites (N-methyl/N-ethyl adjacent to an activating group) is 1. The van der Waals surface area contributed by atoms with E-state index < -0.39 is 0 Å². The third-order valence-corrected chi connectivity index (χ3v) is 4.02. The fourth-order valence-electron chi connectivity index (χ4n) is 2.71. The Morgan fingerprint density at radius 1 is 1.16 bits per heavy atom. The normalized spacial score (nSPS) is 21.7. The number of rotatable bonds is 2. The molecule has 1 unspecified atom stereocenters. The van der Waals surface area contributed by atoms with Gasteiger partial charge in [0.05, 0.1) is 6.04 Å². The predicted octanol–water partition coefficient (Wildman–Crippen LogP) is 2.06. The highest BCUT2D eigenvalue weighted by molar-refractivity contribution is 5.50. The second-order valence-corrected chi connectivity index (χ2v) is 6.64. The van der Waals surface area contributed by atoms with E-state index in [0.717, 1.165) is 19.6 Å². The summed E-state index contributed by atoms with van der Waals surface area (Å²) in [5.41, 5.74) is 8.83. The molecule has 0 amide bonds. The van der Waals surface area contributed by atoms with E-state index in [1.165, 1.54) is 11.3 Å². The maximum absolute atomic E-state index is 5.92. The SMILES string of the molecule is CN1CCN(c2ccc(C(C)(C)C)cc2)C(CN)C1. The standard InChI is InChI=1S/C16H27N3/c1-16(2,3)13-5-7-14(8-6-13)19-10-9-18(4)12-15(19)11-17/h5-8,15H,9-12,17H2,1-4H3. The van der Waals surface area contributed by atoms with E-state index in [1.54, 1.807) is 0 Å². The fourth-order valence-corrected chi connectivity index (χ4v) is 2.71. The van der Waals surface area contributed by atoms with Crippen molar-refractivity contribution in [3.63, 3.8) is 0 Å². The van der Waals surface area contributed by atoms with Crippen LogP contribution in [0, 0.1) is 0 Å². The first kappa shape index (κ1) is 14.4. The van der Waals surface area contributed by atoms with Gasteiger partial charge >= 0.3 is 0 Å². The van der Waals surface area contributed by atoms with Crippen molar-refractivity contribution in [3.05, 3.63) is 29.8 Å². The summed E-state index contributed by atoms with van der Waals surface area (Å²) in [7, 11) is 2.17. The largest absolute Gasteiger partial charge is 0.365 e. The Morgan fingerprint density at radius 3 is 2.32 bits per heavy atom. The zero-order valence-electron chi connectivity index (χ0n) is 12.7. The van der Waals surface area contributed by atoms with E-state index in [0.29, 0.717) is 12.6 Å². The van der Waals surface area contributed by atoms with Crippen LogP contribution in [0.4, 0.5) is 5.69 Å². The highest BCUT2D eigenvalue weighted by atomic mass is 15.3. The lowest BCUT2D eigenvalue weighted by Gasteiger charge is -2.41. The summed E-state index contributed by atoms with van der Waals surface area (Å²) < 4.78 is 0. The third-order valence-electron chi connectivity index (χ3n) is 4.02. The number of nitrogens with two attached hydrogens (primary N) is 1. The van der Waals surface area contributed by atoms with Gasteiger partial charge < -0.3 is 15.5 Å².